The van der Waals surface area contributed by atoms with E-state index in [-0.39, 0.29) is 18.8 Å². The molecule has 1 amide bonds. The lowest BCUT2D eigenvalue weighted by Gasteiger charge is -2.20. The summed E-state index contributed by atoms with van der Waals surface area (Å²) in [4.78, 5) is 22.1. The number of nitrogens with two attached hydrogens (primary N) is 1. The van der Waals surface area contributed by atoms with E-state index in [1.54, 1.807) is 6.07 Å². The van der Waals surface area contributed by atoms with Gasteiger partial charge < -0.3 is 25.7 Å². The number of aliphatic hydroxyl groups is 1. The second-order valence-corrected chi connectivity index (χ2v) is 4.22. The van der Waals surface area contributed by atoms with Gasteiger partial charge in [0.2, 0.25) is 0 Å². The molecule has 1 atom stereocenters. The van der Waals surface area contributed by atoms with E-state index in [0.717, 1.165) is 0 Å². The molecule has 0 bridgehead atoms. The van der Waals surface area contributed by atoms with Crippen LogP contribution in [-0.4, -0.2) is 34.2 Å². The van der Waals surface area contributed by atoms with Gasteiger partial charge in [-0.3, -0.25) is 9.59 Å². The van der Waals surface area contributed by atoms with Crippen molar-refractivity contribution in [1.82, 2.24) is 5.32 Å². The first-order valence-electron chi connectivity index (χ1n) is 5.35. The Balaban J connectivity index is 2.53. The number of nitrogens with one attached hydrogen (secondary N) is 1. The molecule has 0 aliphatic heterocycles. The highest BCUT2D eigenvalue weighted by Crippen LogP contribution is 2.10. The van der Waals surface area contributed by atoms with Crippen molar-refractivity contribution in [3.8, 4) is 0 Å². The molecule has 5 N–H and O–H groups in total. The SMILES string of the molecule is CC(O)(CNC(=O)c1ccc(CN)o1)CC(=O)O. The molecular weight excluding hydrogens is 240 g/mol. The molecule has 7 nitrogen and oxygen atoms in total. The van der Waals surface area contributed by atoms with Crippen molar-refractivity contribution in [3.63, 3.8) is 0 Å². The van der Waals surface area contributed by atoms with Crippen LogP contribution in [0.25, 0.3) is 0 Å². The van der Waals surface area contributed by atoms with Crippen LogP contribution >= 0.6 is 0 Å². The van der Waals surface area contributed by atoms with Crippen molar-refractivity contribution in [1.29, 1.82) is 0 Å². The smallest absolute Gasteiger partial charge is 0.306 e. The summed E-state index contributed by atoms with van der Waals surface area (Å²) in [7, 11) is 0. The van der Waals surface area contributed by atoms with Gasteiger partial charge in [-0.25, -0.2) is 0 Å². The molecule has 1 aromatic heterocycles. The number of carboxylic acids is 1. The van der Waals surface area contributed by atoms with Crippen molar-refractivity contribution in [2.45, 2.75) is 25.5 Å². The Bertz CT molecular complexity index is 438. The predicted octanol–water partition coefficient (Wildman–Crippen LogP) is -0.306. The first-order chi connectivity index (χ1) is 8.34. The Labute approximate surface area is 104 Å². The summed E-state index contributed by atoms with van der Waals surface area (Å²) in [5.41, 5.74) is 3.82. The molecule has 0 radical (unpaired) electrons. The van der Waals surface area contributed by atoms with Crippen LogP contribution in [0.15, 0.2) is 16.5 Å². The van der Waals surface area contributed by atoms with E-state index in [0.29, 0.717) is 5.76 Å². The molecular formula is C11H16N2O5. The summed E-state index contributed by atoms with van der Waals surface area (Å²) in [5, 5.41) is 20.6. The van der Waals surface area contributed by atoms with Crippen molar-refractivity contribution in [2.75, 3.05) is 6.54 Å². The van der Waals surface area contributed by atoms with E-state index < -0.39 is 23.9 Å². The van der Waals surface area contributed by atoms with Gasteiger partial charge >= 0.3 is 5.97 Å². The van der Waals surface area contributed by atoms with Gasteiger partial charge in [0.05, 0.1) is 18.6 Å². The molecule has 0 aliphatic rings. The van der Waals surface area contributed by atoms with Crippen LogP contribution in [-0.2, 0) is 11.3 Å². The number of furan rings is 1. The molecule has 1 aromatic rings. The van der Waals surface area contributed by atoms with Crippen molar-refractivity contribution < 1.29 is 24.2 Å². The molecule has 100 valence electrons. The summed E-state index contributed by atoms with van der Waals surface area (Å²) in [6.07, 6.45) is -0.459. The van der Waals surface area contributed by atoms with E-state index in [1.807, 2.05) is 0 Å². The van der Waals surface area contributed by atoms with Crippen LogP contribution in [0.5, 0.6) is 0 Å². The molecule has 0 saturated heterocycles. The maximum absolute atomic E-state index is 11.6. The number of hydrogen-bond donors (Lipinski definition) is 4. The molecule has 0 aliphatic carbocycles. The largest absolute Gasteiger partial charge is 0.481 e. The second kappa shape index (κ2) is 5.65. The normalized spacial score (nSPS) is 13.9. The van der Waals surface area contributed by atoms with Gasteiger partial charge in [0.15, 0.2) is 5.76 Å². The fourth-order valence-electron chi connectivity index (χ4n) is 1.36. The minimum absolute atomic E-state index is 0.0709. The fraction of sp³-hybridized carbons (Fsp3) is 0.455. The van der Waals surface area contributed by atoms with E-state index >= 15 is 0 Å². The lowest BCUT2D eigenvalue weighted by atomic mass is 10.0. The summed E-state index contributed by atoms with van der Waals surface area (Å²) in [6, 6.07) is 3.04. The van der Waals surface area contributed by atoms with Gasteiger partial charge in [-0.15, -0.1) is 0 Å². The standard InChI is InChI=1S/C11H16N2O5/c1-11(17,4-9(14)15)6-13-10(16)8-3-2-7(5-12)18-8/h2-3,17H,4-6,12H2,1H3,(H,13,16)(H,14,15). The van der Waals surface area contributed by atoms with E-state index in [9.17, 15) is 14.7 Å². The summed E-state index contributed by atoms with van der Waals surface area (Å²) < 4.78 is 5.11. The maximum atomic E-state index is 11.6. The minimum Gasteiger partial charge on any atom is -0.481 e. The number of carboxylic acid groups (broad SMARTS) is 1. The minimum atomic E-state index is -1.51. The van der Waals surface area contributed by atoms with Crippen molar-refractivity contribution in [2.24, 2.45) is 5.73 Å². The Morgan fingerprint density at radius 3 is 2.67 bits per heavy atom. The average molecular weight is 256 g/mol. The van der Waals surface area contributed by atoms with Crippen LogP contribution in [0.1, 0.15) is 29.7 Å². The molecule has 0 aromatic carbocycles. The molecule has 0 fully saturated rings. The third kappa shape index (κ3) is 4.19. The third-order valence-electron chi connectivity index (χ3n) is 2.25. The Hall–Kier alpha value is -1.86. The molecule has 1 unspecified atom stereocenters. The van der Waals surface area contributed by atoms with E-state index in [4.69, 9.17) is 15.3 Å². The van der Waals surface area contributed by atoms with Gasteiger partial charge in [0.25, 0.3) is 5.91 Å². The Morgan fingerprint density at radius 1 is 1.50 bits per heavy atom. The lowest BCUT2D eigenvalue weighted by molar-refractivity contribution is -0.141. The zero-order valence-electron chi connectivity index (χ0n) is 9.97. The van der Waals surface area contributed by atoms with Crippen LogP contribution < -0.4 is 11.1 Å². The second-order valence-electron chi connectivity index (χ2n) is 4.22. The third-order valence-corrected chi connectivity index (χ3v) is 2.25. The predicted molar refractivity (Wildman–Crippen MR) is 61.8 cm³/mol. The van der Waals surface area contributed by atoms with Gasteiger partial charge in [0.1, 0.15) is 5.76 Å². The Morgan fingerprint density at radius 2 is 2.17 bits per heavy atom. The summed E-state index contributed by atoms with van der Waals surface area (Å²) in [6.45, 7) is 1.33. The van der Waals surface area contributed by atoms with Crippen molar-refractivity contribution in [3.05, 3.63) is 23.7 Å². The molecule has 18 heavy (non-hydrogen) atoms. The quantitative estimate of drug-likeness (QED) is 0.553. The van der Waals surface area contributed by atoms with Gasteiger partial charge in [0, 0.05) is 6.54 Å². The fourth-order valence-corrected chi connectivity index (χ4v) is 1.36. The maximum Gasteiger partial charge on any atom is 0.306 e. The van der Waals surface area contributed by atoms with Gasteiger partial charge in [-0.2, -0.15) is 0 Å². The van der Waals surface area contributed by atoms with Crippen molar-refractivity contribution >= 4 is 11.9 Å². The van der Waals surface area contributed by atoms with E-state index in [1.165, 1.54) is 13.0 Å². The Kier molecular flexibility index (Phi) is 4.46. The molecule has 1 heterocycles. The highest BCUT2D eigenvalue weighted by molar-refractivity contribution is 5.91. The van der Waals surface area contributed by atoms with Crippen LogP contribution in [0.2, 0.25) is 0 Å². The lowest BCUT2D eigenvalue weighted by Crippen LogP contribution is -2.42. The highest BCUT2D eigenvalue weighted by Gasteiger charge is 2.25. The number of rotatable bonds is 6. The van der Waals surface area contributed by atoms with Crippen LogP contribution in [0, 0.1) is 0 Å². The topological polar surface area (TPSA) is 126 Å². The number of carbonyl (C=O) groups is 2. The number of amides is 1. The molecule has 0 saturated carbocycles. The molecule has 7 heteroatoms. The van der Waals surface area contributed by atoms with Gasteiger partial charge in [-0.05, 0) is 19.1 Å². The highest BCUT2D eigenvalue weighted by atomic mass is 16.4. The first-order valence-corrected chi connectivity index (χ1v) is 5.35. The first kappa shape index (κ1) is 14.2. The number of hydrogen-bond acceptors (Lipinski definition) is 5. The van der Waals surface area contributed by atoms with Crippen LogP contribution in [0.4, 0.5) is 0 Å². The zero-order valence-corrected chi connectivity index (χ0v) is 9.97. The zero-order chi connectivity index (χ0) is 13.8. The van der Waals surface area contributed by atoms with Gasteiger partial charge in [-0.1, -0.05) is 0 Å². The van der Waals surface area contributed by atoms with Crippen LogP contribution in [0.3, 0.4) is 0 Å². The monoisotopic (exact) mass is 256 g/mol. The number of carbonyl (C=O) groups excluding carboxylic acids is 1. The van der Waals surface area contributed by atoms with E-state index in [2.05, 4.69) is 5.32 Å². The summed E-state index contributed by atoms with van der Waals surface area (Å²) in [5.74, 6) is -1.13. The number of aliphatic carboxylic acids is 1. The summed E-state index contributed by atoms with van der Waals surface area (Å²) >= 11 is 0. The average Bonchev–Trinajstić information content (AvgIpc) is 2.72. The molecule has 0 spiro atoms. The molecule has 1 rings (SSSR count).